The lowest BCUT2D eigenvalue weighted by Crippen LogP contribution is -2.29. The second-order valence-corrected chi connectivity index (χ2v) is 4.74. The van der Waals surface area contributed by atoms with E-state index in [2.05, 4.69) is 16.4 Å². The molecule has 1 nitrogen and oxygen atoms in total. The van der Waals surface area contributed by atoms with Gasteiger partial charge < -0.3 is 0 Å². The van der Waals surface area contributed by atoms with Crippen LogP contribution in [0, 0.1) is 0 Å². The Bertz CT molecular complexity index is 64.3. The van der Waals surface area contributed by atoms with Gasteiger partial charge in [0, 0.05) is 17.0 Å². The molecule has 4 heteroatoms. The van der Waals surface area contributed by atoms with Gasteiger partial charge in [0.05, 0.1) is 0 Å². The molecule has 0 radical (unpaired) electrons. The fourth-order valence-electron chi connectivity index (χ4n) is 0.616. The highest BCUT2D eigenvalue weighted by Crippen LogP contribution is 2.27. The summed E-state index contributed by atoms with van der Waals surface area (Å²) in [5.74, 6) is 0. The highest BCUT2D eigenvalue weighted by molar-refractivity contribution is 9.05. The van der Waals surface area contributed by atoms with E-state index in [4.69, 9.17) is 0 Å². The lowest BCUT2D eigenvalue weighted by molar-refractivity contribution is 0.396. The lowest BCUT2D eigenvalue weighted by Gasteiger charge is -2.24. The molecule has 0 spiro atoms. The maximum atomic E-state index is 3.98. The summed E-state index contributed by atoms with van der Waals surface area (Å²) in [6.07, 6.45) is 4.10. The molecule has 0 aromatic heterocycles. The van der Waals surface area contributed by atoms with Crippen LogP contribution in [0.1, 0.15) is 19.3 Å². The summed E-state index contributed by atoms with van der Waals surface area (Å²) >= 11 is 3.98. The van der Waals surface area contributed by atoms with E-state index in [1.54, 1.807) is 11.0 Å². The fraction of sp³-hybridized carbons (Fsp3) is 1.00. The lowest BCUT2D eigenvalue weighted by atomic mass is 9.94. The molecule has 0 bridgehead atoms. The molecule has 1 rings (SSSR count). The molecule has 1 aliphatic carbocycles. The van der Waals surface area contributed by atoms with Crippen molar-refractivity contribution in [1.82, 2.24) is 4.72 Å². The van der Waals surface area contributed by atoms with Crippen molar-refractivity contribution in [2.75, 3.05) is 0 Å². The van der Waals surface area contributed by atoms with Crippen molar-refractivity contribution in [3.63, 3.8) is 0 Å². The van der Waals surface area contributed by atoms with E-state index in [9.17, 15) is 0 Å². The average molecular weight is 167 g/mol. The molecule has 0 atom stereocenters. The molecule has 0 aromatic rings. The van der Waals surface area contributed by atoms with Crippen LogP contribution in [0.4, 0.5) is 0 Å². The van der Waals surface area contributed by atoms with Crippen LogP contribution in [0.2, 0.25) is 0 Å². The third-order valence-electron chi connectivity index (χ3n) is 1.36. The molecule has 0 saturated heterocycles. The highest BCUT2D eigenvalue weighted by atomic mass is 33.5. The summed E-state index contributed by atoms with van der Waals surface area (Å²) in [6.45, 7) is 0. The van der Waals surface area contributed by atoms with E-state index in [1.807, 2.05) is 0 Å². The van der Waals surface area contributed by atoms with Crippen LogP contribution < -0.4 is 4.72 Å². The fourth-order valence-corrected chi connectivity index (χ4v) is 1.96. The molecule has 0 aromatic carbocycles. The van der Waals surface area contributed by atoms with Crippen molar-refractivity contribution in [3.8, 4) is 0 Å². The Kier molecular flexibility index (Phi) is 3.50. The van der Waals surface area contributed by atoms with Crippen LogP contribution in [0.15, 0.2) is 0 Å². The van der Waals surface area contributed by atoms with Crippen molar-refractivity contribution >= 4 is 32.5 Å². The van der Waals surface area contributed by atoms with Gasteiger partial charge in [0.25, 0.3) is 0 Å². The maximum Gasteiger partial charge on any atom is 0.0180 e. The molecule has 8 heavy (non-hydrogen) atoms. The molecule has 1 aliphatic rings. The van der Waals surface area contributed by atoms with E-state index >= 15 is 0 Å². The Hall–Kier alpha value is 1.01. The Morgan fingerprint density at radius 1 is 1.50 bits per heavy atom. The van der Waals surface area contributed by atoms with Crippen molar-refractivity contribution in [1.29, 1.82) is 0 Å². The number of hydrogen-bond acceptors (Lipinski definition) is 4. The zero-order valence-electron chi connectivity index (χ0n) is 4.46. The van der Waals surface area contributed by atoms with Crippen LogP contribution in [0.25, 0.3) is 0 Å². The van der Waals surface area contributed by atoms with E-state index in [0.717, 1.165) is 6.04 Å². The zero-order chi connectivity index (χ0) is 5.82. The first kappa shape index (κ1) is 7.12. The third-order valence-corrected chi connectivity index (χ3v) is 3.04. The first-order valence-corrected chi connectivity index (χ1v) is 5.86. The largest absolute Gasteiger partial charge is 0.251 e. The van der Waals surface area contributed by atoms with Crippen molar-refractivity contribution < 1.29 is 0 Å². The van der Waals surface area contributed by atoms with Gasteiger partial charge in [-0.3, -0.25) is 4.72 Å². The predicted molar refractivity (Wildman–Crippen MR) is 44.9 cm³/mol. The number of nitrogens with one attached hydrogen (secondary N) is 1. The maximum absolute atomic E-state index is 3.98. The van der Waals surface area contributed by atoms with Crippen molar-refractivity contribution in [2.24, 2.45) is 0 Å². The molecule has 1 N–H and O–H groups in total. The average Bonchev–Trinajstić information content (AvgIpc) is 1.63. The molecule has 0 amide bonds. The Balaban J connectivity index is 1.86. The van der Waals surface area contributed by atoms with Gasteiger partial charge >= 0.3 is 0 Å². The van der Waals surface area contributed by atoms with E-state index in [0.29, 0.717) is 0 Å². The molecule has 1 fully saturated rings. The zero-order valence-corrected chi connectivity index (χ0v) is 6.99. The topological polar surface area (TPSA) is 12.0 Å². The SMILES string of the molecule is SSSNC1CCC1. The van der Waals surface area contributed by atoms with E-state index in [1.165, 1.54) is 29.1 Å². The first-order chi connectivity index (χ1) is 3.93. The number of thiol groups is 1. The third kappa shape index (κ3) is 2.09. The van der Waals surface area contributed by atoms with Crippen molar-refractivity contribution in [2.45, 2.75) is 25.3 Å². The normalized spacial score (nSPS) is 20.6. The highest BCUT2D eigenvalue weighted by Gasteiger charge is 2.15. The van der Waals surface area contributed by atoms with E-state index < -0.39 is 0 Å². The summed E-state index contributed by atoms with van der Waals surface area (Å²) in [6, 6.07) is 0.777. The minimum Gasteiger partial charge on any atom is -0.251 e. The molecular weight excluding hydrogens is 158 g/mol. The van der Waals surface area contributed by atoms with Crippen LogP contribution in [0.3, 0.4) is 0 Å². The minimum atomic E-state index is 0.777. The Morgan fingerprint density at radius 3 is 2.62 bits per heavy atom. The molecule has 0 aliphatic heterocycles. The quantitative estimate of drug-likeness (QED) is 0.380. The standard InChI is InChI=1S/C4H9NS3/c6-8-7-5-4-2-1-3-4/h4-6H,1-3H2. The second-order valence-electron chi connectivity index (χ2n) is 1.90. The number of hydrogen-bond donors (Lipinski definition) is 2. The van der Waals surface area contributed by atoms with Gasteiger partial charge in [-0.1, -0.05) is 18.1 Å². The Labute approximate surface area is 62.7 Å². The summed E-state index contributed by atoms with van der Waals surface area (Å²) in [5.41, 5.74) is 0. The first-order valence-electron chi connectivity index (χ1n) is 2.66. The van der Waals surface area contributed by atoms with Crippen LogP contribution in [-0.4, -0.2) is 6.04 Å². The second kappa shape index (κ2) is 3.93. The van der Waals surface area contributed by atoms with Gasteiger partial charge in [0.15, 0.2) is 0 Å². The molecule has 0 heterocycles. The summed E-state index contributed by atoms with van der Waals surface area (Å²) in [4.78, 5) is 0. The summed E-state index contributed by atoms with van der Waals surface area (Å²) < 4.78 is 3.27. The molecule has 48 valence electrons. The van der Waals surface area contributed by atoms with E-state index in [-0.39, 0.29) is 0 Å². The molecule has 0 unspecified atom stereocenters. The van der Waals surface area contributed by atoms with Gasteiger partial charge in [0.2, 0.25) is 0 Å². The van der Waals surface area contributed by atoms with Gasteiger partial charge in [-0.05, 0) is 22.7 Å². The predicted octanol–water partition coefficient (Wildman–Crippen LogP) is 2.27. The number of rotatable bonds is 3. The summed E-state index contributed by atoms with van der Waals surface area (Å²) in [7, 11) is 3.10. The molecule has 1 saturated carbocycles. The van der Waals surface area contributed by atoms with Crippen LogP contribution >= 0.6 is 32.5 Å². The van der Waals surface area contributed by atoms with Gasteiger partial charge in [0.1, 0.15) is 0 Å². The van der Waals surface area contributed by atoms with Crippen LogP contribution in [0.5, 0.6) is 0 Å². The Morgan fingerprint density at radius 2 is 2.25 bits per heavy atom. The minimum absolute atomic E-state index is 0.777. The summed E-state index contributed by atoms with van der Waals surface area (Å²) in [5, 5.41) is 0. The van der Waals surface area contributed by atoms with Gasteiger partial charge in [-0.2, -0.15) is 0 Å². The van der Waals surface area contributed by atoms with Crippen molar-refractivity contribution in [3.05, 3.63) is 0 Å². The smallest absolute Gasteiger partial charge is 0.0180 e. The monoisotopic (exact) mass is 167 g/mol. The van der Waals surface area contributed by atoms with Gasteiger partial charge in [-0.25, -0.2) is 0 Å². The van der Waals surface area contributed by atoms with Crippen LogP contribution in [-0.2, 0) is 0 Å². The molecular formula is C4H9NS3. The van der Waals surface area contributed by atoms with Gasteiger partial charge in [-0.15, -0.1) is 0 Å².